The molecule has 1 aliphatic heterocycles. The highest BCUT2D eigenvalue weighted by molar-refractivity contribution is 14.0. The molecular formula is C22H31IN4OS. The van der Waals surface area contributed by atoms with Gasteiger partial charge in [0.25, 0.3) is 0 Å². The number of hydrogen-bond acceptors (Lipinski definition) is 4. The normalized spacial score (nSPS) is 19.8. The first-order valence-electron chi connectivity index (χ1n) is 10.2. The van der Waals surface area contributed by atoms with E-state index in [9.17, 15) is 0 Å². The van der Waals surface area contributed by atoms with E-state index in [0.717, 1.165) is 45.4 Å². The van der Waals surface area contributed by atoms with Crippen LogP contribution < -0.4 is 10.6 Å². The lowest BCUT2D eigenvalue weighted by molar-refractivity contribution is 0.0177. The summed E-state index contributed by atoms with van der Waals surface area (Å²) in [5.74, 6) is 0.886. The molecule has 5 nitrogen and oxygen atoms in total. The Labute approximate surface area is 195 Å². The fourth-order valence-electron chi connectivity index (χ4n) is 3.96. The van der Waals surface area contributed by atoms with E-state index in [1.165, 1.54) is 23.3 Å². The largest absolute Gasteiger partial charge is 0.379 e. The van der Waals surface area contributed by atoms with Crippen LogP contribution in [0.1, 0.15) is 29.3 Å². The Morgan fingerprint density at radius 1 is 1.14 bits per heavy atom. The predicted octanol–water partition coefficient (Wildman–Crippen LogP) is 3.64. The highest BCUT2D eigenvalue weighted by atomic mass is 127. The van der Waals surface area contributed by atoms with E-state index in [1.807, 2.05) is 18.4 Å². The second-order valence-corrected chi connectivity index (χ2v) is 8.61. The number of benzene rings is 1. The third kappa shape index (κ3) is 5.71. The lowest BCUT2D eigenvalue weighted by Gasteiger charge is -2.34. The van der Waals surface area contributed by atoms with Crippen LogP contribution in [0.3, 0.4) is 0 Å². The highest BCUT2D eigenvalue weighted by Crippen LogP contribution is 2.47. The maximum absolute atomic E-state index is 5.54. The maximum atomic E-state index is 5.54. The number of rotatable bonds is 7. The minimum Gasteiger partial charge on any atom is -0.379 e. The van der Waals surface area contributed by atoms with Crippen molar-refractivity contribution >= 4 is 41.3 Å². The Bertz CT molecular complexity index is 758. The summed E-state index contributed by atoms with van der Waals surface area (Å²) in [7, 11) is 1.85. The van der Waals surface area contributed by atoms with E-state index in [0.29, 0.717) is 6.04 Å². The van der Waals surface area contributed by atoms with Gasteiger partial charge in [-0.05, 0) is 29.9 Å². The zero-order valence-corrected chi connectivity index (χ0v) is 20.1. The minimum absolute atomic E-state index is 0. The number of thiophene rings is 1. The summed E-state index contributed by atoms with van der Waals surface area (Å²) >= 11 is 1.83. The first kappa shape index (κ1) is 22.5. The highest BCUT2D eigenvalue weighted by Gasteiger charge is 2.44. The zero-order chi connectivity index (χ0) is 19.2. The smallest absolute Gasteiger partial charge is 0.191 e. The summed E-state index contributed by atoms with van der Waals surface area (Å²) in [5.41, 5.74) is 1.71. The van der Waals surface area contributed by atoms with Gasteiger partial charge in [0.1, 0.15) is 0 Å². The monoisotopic (exact) mass is 526 g/mol. The van der Waals surface area contributed by atoms with E-state index >= 15 is 0 Å². The molecule has 0 radical (unpaired) electrons. The summed E-state index contributed by atoms with van der Waals surface area (Å²) in [6.45, 7) is 5.36. The summed E-state index contributed by atoms with van der Waals surface area (Å²) in [6.07, 6.45) is 2.49. The number of hydrogen-bond donors (Lipinski definition) is 2. The van der Waals surface area contributed by atoms with Crippen molar-refractivity contribution < 1.29 is 4.74 Å². The maximum Gasteiger partial charge on any atom is 0.191 e. The van der Waals surface area contributed by atoms with Gasteiger partial charge in [-0.3, -0.25) is 9.89 Å². The molecule has 0 amide bonds. The molecule has 1 unspecified atom stereocenters. The number of nitrogens with zero attached hydrogens (tertiary/aromatic N) is 2. The Kier molecular flexibility index (Phi) is 8.35. The van der Waals surface area contributed by atoms with Gasteiger partial charge < -0.3 is 15.4 Å². The molecule has 4 rings (SSSR count). The Morgan fingerprint density at radius 3 is 2.52 bits per heavy atom. The molecule has 1 saturated heterocycles. The van der Waals surface area contributed by atoms with Gasteiger partial charge in [-0.25, -0.2) is 0 Å². The van der Waals surface area contributed by atoms with Crippen LogP contribution in [0.25, 0.3) is 0 Å². The molecule has 2 fully saturated rings. The van der Waals surface area contributed by atoms with Crippen molar-refractivity contribution in [1.82, 2.24) is 15.5 Å². The van der Waals surface area contributed by atoms with Gasteiger partial charge in [0, 0.05) is 43.5 Å². The number of morpholine rings is 1. The number of nitrogens with one attached hydrogen (secondary N) is 2. The molecule has 158 valence electrons. The molecule has 2 N–H and O–H groups in total. The van der Waals surface area contributed by atoms with Crippen LogP contribution in [-0.2, 0) is 10.2 Å². The Hall–Kier alpha value is -1.16. The minimum atomic E-state index is 0. The van der Waals surface area contributed by atoms with Crippen LogP contribution in [0, 0.1) is 0 Å². The summed E-state index contributed by atoms with van der Waals surface area (Å²) in [5, 5.41) is 9.30. The van der Waals surface area contributed by atoms with Gasteiger partial charge >= 0.3 is 0 Å². The van der Waals surface area contributed by atoms with Gasteiger partial charge in [-0.1, -0.05) is 36.4 Å². The van der Waals surface area contributed by atoms with Crippen molar-refractivity contribution in [3.8, 4) is 0 Å². The van der Waals surface area contributed by atoms with Crippen molar-refractivity contribution in [3.63, 3.8) is 0 Å². The van der Waals surface area contributed by atoms with Crippen LogP contribution >= 0.6 is 35.3 Å². The lowest BCUT2D eigenvalue weighted by Crippen LogP contribution is -2.47. The molecule has 2 aromatic rings. The van der Waals surface area contributed by atoms with E-state index in [-0.39, 0.29) is 29.4 Å². The van der Waals surface area contributed by atoms with Crippen LogP contribution in [-0.4, -0.2) is 57.3 Å². The zero-order valence-electron chi connectivity index (χ0n) is 17.0. The Balaban J connectivity index is 0.00000240. The quantitative estimate of drug-likeness (QED) is 0.329. The second kappa shape index (κ2) is 10.7. The fourth-order valence-corrected chi connectivity index (χ4v) is 4.82. The summed E-state index contributed by atoms with van der Waals surface area (Å²) in [6, 6.07) is 15.6. The first-order valence-corrected chi connectivity index (χ1v) is 11.0. The van der Waals surface area contributed by atoms with Crippen molar-refractivity contribution in [2.75, 3.05) is 46.4 Å². The van der Waals surface area contributed by atoms with Crippen molar-refractivity contribution in [1.29, 1.82) is 0 Å². The SMILES string of the molecule is CN=C(NCC(c1cccs1)N1CCOCC1)NCC1(c2ccccc2)CC1.I. The first-order chi connectivity index (χ1) is 13.8. The van der Waals surface area contributed by atoms with Gasteiger partial charge in [0.2, 0.25) is 0 Å². The van der Waals surface area contributed by atoms with Gasteiger partial charge in [0.05, 0.1) is 19.3 Å². The van der Waals surface area contributed by atoms with Crippen LogP contribution in [0.5, 0.6) is 0 Å². The fraction of sp³-hybridized carbons (Fsp3) is 0.500. The molecule has 0 bridgehead atoms. The van der Waals surface area contributed by atoms with Crippen LogP contribution in [0.4, 0.5) is 0 Å². The molecule has 1 aromatic carbocycles. The van der Waals surface area contributed by atoms with E-state index in [2.05, 4.69) is 68.4 Å². The standard InChI is InChI=1S/C22H30N4OS.HI/c1-23-21(25-17-22(9-10-22)18-6-3-2-4-7-18)24-16-19(20-8-5-15-28-20)26-11-13-27-14-12-26;/h2-8,15,19H,9-14,16-17H2,1H3,(H2,23,24,25);1H. The van der Waals surface area contributed by atoms with Crippen LogP contribution in [0.15, 0.2) is 52.8 Å². The average Bonchev–Trinajstić information content (AvgIpc) is 3.36. The predicted molar refractivity (Wildman–Crippen MR) is 132 cm³/mol. The molecule has 1 aromatic heterocycles. The van der Waals surface area contributed by atoms with E-state index < -0.39 is 0 Å². The van der Waals surface area contributed by atoms with E-state index in [1.54, 1.807) is 0 Å². The molecule has 1 aliphatic carbocycles. The van der Waals surface area contributed by atoms with Crippen LogP contribution in [0.2, 0.25) is 0 Å². The molecule has 2 aliphatic rings. The van der Waals surface area contributed by atoms with Gasteiger partial charge in [-0.15, -0.1) is 35.3 Å². The third-order valence-electron chi connectivity index (χ3n) is 5.88. The lowest BCUT2D eigenvalue weighted by atomic mass is 9.96. The van der Waals surface area contributed by atoms with Gasteiger partial charge in [-0.2, -0.15) is 0 Å². The molecule has 1 atom stereocenters. The number of guanidine groups is 1. The summed E-state index contributed by atoms with van der Waals surface area (Å²) in [4.78, 5) is 8.38. The molecular weight excluding hydrogens is 495 g/mol. The molecule has 29 heavy (non-hydrogen) atoms. The van der Waals surface area contributed by atoms with E-state index in [4.69, 9.17) is 4.74 Å². The number of ether oxygens (including phenoxy) is 1. The topological polar surface area (TPSA) is 48.9 Å². The van der Waals surface area contributed by atoms with Crippen molar-refractivity contribution in [3.05, 3.63) is 58.3 Å². The number of halogens is 1. The molecule has 2 heterocycles. The summed E-state index contributed by atoms with van der Waals surface area (Å²) < 4.78 is 5.54. The number of aliphatic imine (C=N–C) groups is 1. The second-order valence-electron chi connectivity index (χ2n) is 7.63. The molecule has 7 heteroatoms. The van der Waals surface area contributed by atoms with Crippen molar-refractivity contribution in [2.45, 2.75) is 24.3 Å². The average molecular weight is 526 g/mol. The third-order valence-corrected chi connectivity index (χ3v) is 6.85. The Morgan fingerprint density at radius 2 is 1.90 bits per heavy atom. The molecule has 1 saturated carbocycles. The van der Waals surface area contributed by atoms with Crippen molar-refractivity contribution in [2.24, 2.45) is 4.99 Å². The van der Waals surface area contributed by atoms with Gasteiger partial charge in [0.15, 0.2) is 5.96 Å². The molecule has 0 spiro atoms.